The lowest BCUT2D eigenvalue weighted by atomic mass is 10.1. The number of benzene rings is 1. The predicted molar refractivity (Wildman–Crippen MR) is 77.7 cm³/mol. The fourth-order valence-corrected chi connectivity index (χ4v) is 2.22. The molecular formula is C13H8BrFN4O. The van der Waals surface area contributed by atoms with Gasteiger partial charge in [-0.25, -0.2) is 4.98 Å². The molecule has 0 aliphatic carbocycles. The number of hydrogen-bond acceptors (Lipinski definition) is 4. The highest BCUT2D eigenvalue weighted by atomic mass is 79.9. The summed E-state index contributed by atoms with van der Waals surface area (Å²) in [5.74, 6) is -0.765. The van der Waals surface area contributed by atoms with Gasteiger partial charge in [0.05, 0.1) is 0 Å². The first-order chi connectivity index (χ1) is 9.56. The summed E-state index contributed by atoms with van der Waals surface area (Å²) in [5.41, 5.74) is 6.54. The highest BCUT2D eigenvalue weighted by Gasteiger charge is 2.12. The first kappa shape index (κ1) is 12.7. The summed E-state index contributed by atoms with van der Waals surface area (Å²) >= 11 is 2.98. The van der Waals surface area contributed by atoms with E-state index in [0.717, 1.165) is 5.39 Å². The van der Waals surface area contributed by atoms with Crippen molar-refractivity contribution in [3.8, 4) is 11.3 Å². The summed E-state index contributed by atoms with van der Waals surface area (Å²) in [6.07, 6.45) is 1.56. The van der Waals surface area contributed by atoms with Gasteiger partial charge >= 0.3 is 0 Å². The quantitative estimate of drug-likeness (QED) is 0.715. The van der Waals surface area contributed by atoms with Gasteiger partial charge in [0.1, 0.15) is 5.69 Å². The fraction of sp³-hybridized carbons (Fsp3) is 0. The normalized spacial score (nSPS) is 10.9. The molecule has 2 aromatic heterocycles. The van der Waals surface area contributed by atoms with E-state index in [1.54, 1.807) is 30.5 Å². The van der Waals surface area contributed by atoms with Gasteiger partial charge in [-0.1, -0.05) is 6.07 Å². The number of nitrogens with two attached hydrogens (primary N) is 1. The van der Waals surface area contributed by atoms with Crippen molar-refractivity contribution in [1.82, 2.24) is 15.0 Å². The third kappa shape index (κ3) is 2.05. The van der Waals surface area contributed by atoms with Crippen molar-refractivity contribution in [2.45, 2.75) is 0 Å². The number of hydrogen-bond donors (Lipinski definition) is 2. The molecule has 0 unspecified atom stereocenters. The van der Waals surface area contributed by atoms with Gasteiger partial charge in [0.2, 0.25) is 5.95 Å². The molecular weight excluding hydrogens is 327 g/mol. The Labute approximate surface area is 120 Å². The first-order valence-electron chi connectivity index (χ1n) is 5.66. The van der Waals surface area contributed by atoms with Crippen LogP contribution in [0.3, 0.4) is 0 Å². The Morgan fingerprint density at radius 3 is 2.85 bits per heavy atom. The minimum atomic E-state index is -0.761. The second-order valence-electron chi connectivity index (χ2n) is 4.15. The number of fused-ring (bicyclic) bond motifs is 1. The zero-order chi connectivity index (χ0) is 14.3. The second kappa shape index (κ2) is 4.68. The van der Waals surface area contributed by atoms with Crippen molar-refractivity contribution < 1.29 is 4.39 Å². The Morgan fingerprint density at radius 1 is 1.25 bits per heavy atom. The second-order valence-corrected chi connectivity index (χ2v) is 4.90. The molecule has 3 N–H and O–H groups in total. The monoisotopic (exact) mass is 334 g/mol. The van der Waals surface area contributed by atoms with E-state index in [1.807, 2.05) is 0 Å². The third-order valence-electron chi connectivity index (χ3n) is 2.89. The average molecular weight is 335 g/mol. The van der Waals surface area contributed by atoms with Crippen molar-refractivity contribution in [2.24, 2.45) is 0 Å². The van der Waals surface area contributed by atoms with Crippen LogP contribution in [-0.2, 0) is 0 Å². The van der Waals surface area contributed by atoms with Gasteiger partial charge < -0.3 is 10.7 Å². The highest BCUT2D eigenvalue weighted by molar-refractivity contribution is 9.10. The maximum Gasteiger partial charge on any atom is 0.255 e. The number of nitrogen functional groups attached to an aromatic ring is 1. The van der Waals surface area contributed by atoms with Crippen LogP contribution in [-0.4, -0.2) is 15.0 Å². The number of anilines is 1. The van der Waals surface area contributed by atoms with E-state index in [2.05, 4.69) is 30.9 Å². The van der Waals surface area contributed by atoms with E-state index in [0.29, 0.717) is 16.6 Å². The molecule has 0 atom stereocenters. The molecule has 0 saturated carbocycles. The van der Waals surface area contributed by atoms with Crippen molar-refractivity contribution in [3.63, 3.8) is 0 Å². The van der Waals surface area contributed by atoms with Crippen LogP contribution in [0.5, 0.6) is 0 Å². The summed E-state index contributed by atoms with van der Waals surface area (Å²) in [4.78, 5) is 21.8. The molecule has 0 bridgehead atoms. The Bertz CT molecular complexity index is 878. The Kier molecular flexibility index (Phi) is 2.98. The summed E-state index contributed by atoms with van der Waals surface area (Å²) < 4.78 is 13.2. The SMILES string of the molecule is Nc1nc(F)c(Br)nc1-c1ccc2c(=O)[nH]ccc2c1. The molecule has 0 aliphatic heterocycles. The summed E-state index contributed by atoms with van der Waals surface area (Å²) in [5, 5.41) is 1.30. The van der Waals surface area contributed by atoms with Crippen molar-refractivity contribution in [1.29, 1.82) is 0 Å². The van der Waals surface area contributed by atoms with Crippen molar-refractivity contribution >= 4 is 32.5 Å². The van der Waals surface area contributed by atoms with Crippen LogP contribution < -0.4 is 11.3 Å². The van der Waals surface area contributed by atoms with Gasteiger partial charge in [-0.2, -0.15) is 9.37 Å². The number of rotatable bonds is 1. The van der Waals surface area contributed by atoms with E-state index in [1.165, 1.54) is 0 Å². The number of nitrogens with one attached hydrogen (secondary N) is 1. The summed E-state index contributed by atoms with van der Waals surface area (Å²) in [7, 11) is 0. The van der Waals surface area contributed by atoms with Gasteiger partial charge in [-0.05, 0) is 39.5 Å². The molecule has 0 aliphatic rings. The maximum atomic E-state index is 13.2. The van der Waals surface area contributed by atoms with Crippen LogP contribution in [0.2, 0.25) is 0 Å². The van der Waals surface area contributed by atoms with E-state index in [9.17, 15) is 9.18 Å². The van der Waals surface area contributed by atoms with Gasteiger partial charge in [0.15, 0.2) is 10.4 Å². The number of aromatic amines is 1. The summed E-state index contributed by atoms with van der Waals surface area (Å²) in [6.45, 7) is 0. The first-order valence-corrected chi connectivity index (χ1v) is 6.46. The smallest absolute Gasteiger partial charge is 0.255 e. The van der Waals surface area contributed by atoms with Crippen molar-refractivity contribution in [3.05, 3.63) is 51.4 Å². The average Bonchev–Trinajstić information content (AvgIpc) is 2.43. The van der Waals surface area contributed by atoms with Crippen LogP contribution in [0.25, 0.3) is 22.0 Å². The molecule has 2 heterocycles. The Hall–Kier alpha value is -2.28. The van der Waals surface area contributed by atoms with E-state index >= 15 is 0 Å². The van der Waals surface area contributed by atoms with Gasteiger partial charge in [0, 0.05) is 17.1 Å². The van der Waals surface area contributed by atoms with Gasteiger partial charge in [-0.15, -0.1) is 0 Å². The number of halogens is 2. The van der Waals surface area contributed by atoms with Crippen molar-refractivity contribution in [2.75, 3.05) is 5.73 Å². The zero-order valence-electron chi connectivity index (χ0n) is 10.0. The fourth-order valence-electron chi connectivity index (χ4n) is 1.96. The lowest BCUT2D eigenvalue weighted by Gasteiger charge is -2.06. The molecule has 5 nitrogen and oxygen atoms in total. The van der Waals surface area contributed by atoms with E-state index in [4.69, 9.17) is 5.73 Å². The van der Waals surface area contributed by atoms with Crippen LogP contribution in [0, 0.1) is 5.95 Å². The molecule has 0 amide bonds. The molecule has 0 fully saturated rings. The number of pyridine rings is 1. The molecule has 0 radical (unpaired) electrons. The lowest BCUT2D eigenvalue weighted by molar-refractivity contribution is 0.571. The van der Waals surface area contributed by atoms with E-state index in [-0.39, 0.29) is 16.0 Å². The predicted octanol–water partition coefficient (Wildman–Crippen LogP) is 2.47. The molecule has 0 spiro atoms. The summed E-state index contributed by atoms with van der Waals surface area (Å²) in [6, 6.07) is 6.89. The zero-order valence-corrected chi connectivity index (χ0v) is 11.6. The topological polar surface area (TPSA) is 84.7 Å². The minimum absolute atomic E-state index is 0.00473. The molecule has 100 valence electrons. The van der Waals surface area contributed by atoms with Crippen LogP contribution in [0.1, 0.15) is 0 Å². The number of nitrogens with zero attached hydrogens (tertiary/aromatic N) is 2. The Morgan fingerprint density at radius 2 is 2.05 bits per heavy atom. The number of aromatic nitrogens is 3. The minimum Gasteiger partial charge on any atom is -0.382 e. The standard InChI is InChI=1S/C13H8BrFN4O/c14-10-11(15)19-12(16)9(18-10)7-1-2-8-6(5-7)3-4-17-13(8)20/h1-5H,(H2,16,19)(H,17,20). The third-order valence-corrected chi connectivity index (χ3v) is 3.39. The van der Waals surface area contributed by atoms with Crippen LogP contribution in [0.15, 0.2) is 39.9 Å². The van der Waals surface area contributed by atoms with Crippen LogP contribution in [0.4, 0.5) is 10.2 Å². The molecule has 3 aromatic rings. The molecule has 3 rings (SSSR count). The molecule has 0 saturated heterocycles. The van der Waals surface area contributed by atoms with E-state index < -0.39 is 5.95 Å². The largest absolute Gasteiger partial charge is 0.382 e. The van der Waals surface area contributed by atoms with Crippen LogP contribution >= 0.6 is 15.9 Å². The number of H-pyrrole nitrogens is 1. The molecule has 20 heavy (non-hydrogen) atoms. The Balaban J connectivity index is 2.25. The lowest BCUT2D eigenvalue weighted by Crippen LogP contribution is -2.05. The molecule has 1 aromatic carbocycles. The highest BCUT2D eigenvalue weighted by Crippen LogP contribution is 2.27. The van der Waals surface area contributed by atoms with Gasteiger partial charge in [0.25, 0.3) is 5.56 Å². The maximum absolute atomic E-state index is 13.2. The molecule has 7 heteroatoms. The van der Waals surface area contributed by atoms with Gasteiger partial charge in [-0.3, -0.25) is 4.79 Å².